The molecule has 0 bridgehead atoms. The zero-order valence-corrected chi connectivity index (χ0v) is 13.3. The maximum atomic E-state index is 11.1. The molecule has 1 atom stereocenters. The third kappa shape index (κ3) is 3.79. The van der Waals surface area contributed by atoms with Gasteiger partial charge in [0.05, 0.1) is 16.6 Å². The molecule has 0 radical (unpaired) electrons. The lowest BCUT2D eigenvalue weighted by Crippen LogP contribution is -2.13. The summed E-state index contributed by atoms with van der Waals surface area (Å²) in [6, 6.07) is 6.58. The summed E-state index contributed by atoms with van der Waals surface area (Å²) in [5.74, 6) is -0.134. The van der Waals surface area contributed by atoms with Gasteiger partial charge in [-0.25, -0.2) is 4.98 Å². The average Bonchev–Trinajstić information content (AvgIpc) is 2.40. The van der Waals surface area contributed by atoms with E-state index in [0.29, 0.717) is 20.9 Å². The lowest BCUT2D eigenvalue weighted by atomic mass is 10.1. The second kappa shape index (κ2) is 6.52. The predicted molar refractivity (Wildman–Crippen MR) is 86.3 cm³/mol. The number of amides is 1. The van der Waals surface area contributed by atoms with Gasteiger partial charge in [-0.05, 0) is 30.7 Å². The molecule has 2 rings (SSSR count). The Labute approximate surface area is 137 Å². The number of primary amides is 1. The molecule has 0 fully saturated rings. The fourth-order valence-electron chi connectivity index (χ4n) is 1.81. The number of halogens is 3. The van der Waals surface area contributed by atoms with Crippen LogP contribution >= 0.6 is 34.8 Å². The van der Waals surface area contributed by atoms with Crippen LogP contribution in [0.2, 0.25) is 15.1 Å². The van der Waals surface area contributed by atoms with Crippen LogP contribution in [0.3, 0.4) is 0 Å². The van der Waals surface area contributed by atoms with E-state index in [0.717, 1.165) is 5.56 Å². The number of aromatic nitrogens is 1. The van der Waals surface area contributed by atoms with Gasteiger partial charge in [0, 0.05) is 16.2 Å². The number of nitrogens with zero attached hydrogens (tertiary/aromatic N) is 1. The highest BCUT2D eigenvalue weighted by Crippen LogP contribution is 2.30. The molecule has 3 N–H and O–H groups in total. The van der Waals surface area contributed by atoms with Gasteiger partial charge >= 0.3 is 0 Å². The molecule has 1 aromatic carbocycles. The third-order valence-electron chi connectivity index (χ3n) is 2.91. The Bertz CT molecular complexity index is 691. The van der Waals surface area contributed by atoms with Crippen molar-refractivity contribution < 1.29 is 4.79 Å². The molecule has 2 aromatic rings. The minimum Gasteiger partial charge on any atom is -0.366 e. The number of hydrogen-bond donors (Lipinski definition) is 2. The maximum Gasteiger partial charge on any atom is 0.250 e. The van der Waals surface area contributed by atoms with Crippen LogP contribution in [-0.4, -0.2) is 10.9 Å². The van der Waals surface area contributed by atoms with E-state index in [-0.39, 0.29) is 11.6 Å². The van der Waals surface area contributed by atoms with Crippen molar-refractivity contribution in [2.75, 3.05) is 5.32 Å². The molecule has 21 heavy (non-hydrogen) atoms. The summed E-state index contributed by atoms with van der Waals surface area (Å²) in [5, 5.41) is 4.55. The van der Waals surface area contributed by atoms with Crippen molar-refractivity contribution in [3.8, 4) is 0 Å². The molecule has 0 spiro atoms. The van der Waals surface area contributed by atoms with Crippen LogP contribution in [0.15, 0.2) is 30.5 Å². The monoisotopic (exact) mass is 343 g/mol. The molecule has 0 aliphatic carbocycles. The Morgan fingerprint density at radius 3 is 2.52 bits per heavy atom. The smallest absolute Gasteiger partial charge is 0.250 e. The van der Waals surface area contributed by atoms with E-state index in [4.69, 9.17) is 40.5 Å². The third-order valence-corrected chi connectivity index (χ3v) is 3.76. The predicted octanol–water partition coefficient (Wildman–Crippen LogP) is 4.31. The number of carbonyl (C=O) groups is 1. The second-order valence-electron chi connectivity index (χ2n) is 4.45. The van der Waals surface area contributed by atoms with E-state index >= 15 is 0 Å². The molecule has 1 amide bonds. The lowest BCUT2D eigenvalue weighted by Gasteiger charge is -2.17. The molecule has 1 heterocycles. The number of benzene rings is 1. The van der Waals surface area contributed by atoms with E-state index < -0.39 is 5.91 Å². The Balaban J connectivity index is 2.23. The van der Waals surface area contributed by atoms with Crippen molar-refractivity contribution in [1.29, 1.82) is 0 Å². The van der Waals surface area contributed by atoms with Gasteiger partial charge in [-0.1, -0.05) is 40.9 Å². The van der Waals surface area contributed by atoms with Crippen LogP contribution < -0.4 is 11.1 Å². The molecule has 0 saturated carbocycles. The van der Waals surface area contributed by atoms with Crippen molar-refractivity contribution in [3.63, 3.8) is 0 Å². The van der Waals surface area contributed by atoms with Gasteiger partial charge in [0.25, 0.3) is 0 Å². The normalized spacial score (nSPS) is 12.0. The van der Waals surface area contributed by atoms with Crippen LogP contribution in [0.25, 0.3) is 0 Å². The summed E-state index contributed by atoms with van der Waals surface area (Å²) in [6.07, 6.45) is 1.37. The highest BCUT2D eigenvalue weighted by atomic mass is 35.5. The highest BCUT2D eigenvalue weighted by Gasteiger charge is 2.13. The zero-order valence-electron chi connectivity index (χ0n) is 11.0. The Morgan fingerprint density at radius 1 is 1.24 bits per heavy atom. The van der Waals surface area contributed by atoms with E-state index in [9.17, 15) is 4.79 Å². The lowest BCUT2D eigenvalue weighted by molar-refractivity contribution is 0.1000. The Kier molecular flexibility index (Phi) is 4.93. The van der Waals surface area contributed by atoms with Gasteiger partial charge in [-0.2, -0.15) is 0 Å². The minimum absolute atomic E-state index is 0.140. The summed E-state index contributed by atoms with van der Waals surface area (Å²) in [6.45, 7) is 1.91. The van der Waals surface area contributed by atoms with Crippen LogP contribution in [0, 0.1) is 0 Å². The van der Waals surface area contributed by atoms with Gasteiger partial charge in [0.1, 0.15) is 5.82 Å². The largest absolute Gasteiger partial charge is 0.366 e. The Morgan fingerprint density at radius 2 is 1.95 bits per heavy atom. The van der Waals surface area contributed by atoms with E-state index in [1.807, 2.05) is 13.0 Å². The topological polar surface area (TPSA) is 68.0 Å². The number of hydrogen-bond acceptors (Lipinski definition) is 3. The van der Waals surface area contributed by atoms with Crippen molar-refractivity contribution in [2.24, 2.45) is 5.73 Å². The first-order valence-corrected chi connectivity index (χ1v) is 7.18. The molecule has 1 aromatic heterocycles. The van der Waals surface area contributed by atoms with Crippen molar-refractivity contribution in [2.45, 2.75) is 13.0 Å². The molecule has 4 nitrogen and oxygen atoms in total. The van der Waals surface area contributed by atoms with Crippen molar-refractivity contribution >= 4 is 46.5 Å². The summed E-state index contributed by atoms with van der Waals surface area (Å²) in [5.41, 5.74) is 6.28. The number of anilines is 1. The number of pyridine rings is 1. The highest BCUT2D eigenvalue weighted by molar-refractivity contribution is 6.35. The molecule has 0 aliphatic rings. The Hall–Kier alpha value is -1.49. The SMILES string of the molecule is C[C@H](Nc1ncc(C(N)=O)cc1Cl)c1ccc(Cl)cc1Cl. The van der Waals surface area contributed by atoms with Crippen molar-refractivity contribution in [3.05, 3.63) is 56.7 Å². The summed E-state index contributed by atoms with van der Waals surface area (Å²) in [4.78, 5) is 15.2. The fraction of sp³-hybridized carbons (Fsp3) is 0.143. The zero-order chi connectivity index (χ0) is 15.6. The van der Waals surface area contributed by atoms with Gasteiger partial charge < -0.3 is 11.1 Å². The van der Waals surface area contributed by atoms with E-state index in [2.05, 4.69) is 10.3 Å². The van der Waals surface area contributed by atoms with Crippen LogP contribution in [0.5, 0.6) is 0 Å². The van der Waals surface area contributed by atoms with Crippen LogP contribution in [-0.2, 0) is 0 Å². The molecular formula is C14H12Cl3N3O. The summed E-state index contributed by atoms with van der Waals surface area (Å²) < 4.78 is 0. The molecule has 0 unspecified atom stereocenters. The van der Waals surface area contributed by atoms with Gasteiger partial charge in [-0.15, -0.1) is 0 Å². The van der Waals surface area contributed by atoms with Gasteiger partial charge in [-0.3, -0.25) is 4.79 Å². The first-order chi connectivity index (χ1) is 9.88. The molecular weight excluding hydrogens is 333 g/mol. The standard InChI is InChI=1S/C14H12Cl3N3O/c1-7(10-3-2-9(15)5-11(10)16)20-14-12(17)4-8(6-19-14)13(18)21/h2-7H,1H3,(H2,18,21)(H,19,20)/t7-/m0/s1. The first-order valence-electron chi connectivity index (χ1n) is 6.05. The number of nitrogens with two attached hydrogens (primary N) is 1. The van der Waals surface area contributed by atoms with Gasteiger partial charge in [0.2, 0.25) is 5.91 Å². The average molecular weight is 345 g/mol. The minimum atomic E-state index is -0.579. The molecule has 0 aliphatic heterocycles. The number of carbonyl (C=O) groups excluding carboxylic acids is 1. The number of nitrogens with one attached hydrogen (secondary N) is 1. The molecule has 0 saturated heterocycles. The second-order valence-corrected chi connectivity index (χ2v) is 5.70. The fourth-order valence-corrected chi connectivity index (χ4v) is 2.61. The quantitative estimate of drug-likeness (QED) is 0.868. The van der Waals surface area contributed by atoms with Crippen LogP contribution in [0.1, 0.15) is 28.9 Å². The van der Waals surface area contributed by atoms with E-state index in [1.165, 1.54) is 12.3 Å². The number of rotatable bonds is 4. The van der Waals surface area contributed by atoms with E-state index in [1.54, 1.807) is 12.1 Å². The summed E-state index contributed by atoms with van der Waals surface area (Å²) in [7, 11) is 0. The van der Waals surface area contributed by atoms with Crippen molar-refractivity contribution in [1.82, 2.24) is 4.98 Å². The first kappa shape index (κ1) is 15.9. The molecule has 110 valence electrons. The van der Waals surface area contributed by atoms with Crippen LogP contribution in [0.4, 0.5) is 5.82 Å². The molecule has 7 heteroatoms. The summed E-state index contributed by atoms with van der Waals surface area (Å²) >= 11 is 18.1. The van der Waals surface area contributed by atoms with Gasteiger partial charge in [0.15, 0.2) is 0 Å². The maximum absolute atomic E-state index is 11.1.